The van der Waals surface area contributed by atoms with Crippen molar-refractivity contribution in [3.8, 4) is 5.82 Å². The number of aromatic nitrogens is 4. The van der Waals surface area contributed by atoms with E-state index >= 15 is 0 Å². The van der Waals surface area contributed by atoms with Crippen molar-refractivity contribution in [2.45, 2.75) is 32.2 Å². The number of alkyl halides is 2. The summed E-state index contributed by atoms with van der Waals surface area (Å²) in [5.41, 5.74) is 0.961. The van der Waals surface area contributed by atoms with Crippen LogP contribution in [0.15, 0.2) is 30.3 Å². The van der Waals surface area contributed by atoms with E-state index in [0.717, 1.165) is 26.1 Å². The van der Waals surface area contributed by atoms with Crippen molar-refractivity contribution in [3.63, 3.8) is 0 Å². The van der Waals surface area contributed by atoms with Crippen LogP contribution in [0.25, 0.3) is 16.9 Å². The van der Waals surface area contributed by atoms with Crippen LogP contribution >= 0.6 is 0 Å². The van der Waals surface area contributed by atoms with Crippen molar-refractivity contribution in [2.75, 3.05) is 63.3 Å². The zero-order chi connectivity index (χ0) is 26.6. The summed E-state index contributed by atoms with van der Waals surface area (Å²) in [5, 5.41) is 3.12. The first-order valence-corrected chi connectivity index (χ1v) is 13.0. The summed E-state index contributed by atoms with van der Waals surface area (Å²) in [6, 6.07) is 8.01. The molecule has 2 aliphatic heterocycles. The Kier molecular flexibility index (Phi) is 7.98. The van der Waals surface area contributed by atoms with Crippen LogP contribution in [0.3, 0.4) is 0 Å². The van der Waals surface area contributed by atoms with E-state index < -0.39 is 18.3 Å². The predicted octanol–water partition coefficient (Wildman–Crippen LogP) is 3.28. The molecule has 1 N–H and O–H groups in total. The topological polar surface area (TPSA) is 97.6 Å². The Morgan fingerprint density at radius 2 is 1.76 bits per heavy atom. The molecule has 1 atom stereocenters. The first-order valence-electron chi connectivity index (χ1n) is 13.0. The van der Waals surface area contributed by atoms with E-state index in [1.54, 1.807) is 49.2 Å². The molecule has 2 saturated heterocycles. The number of rotatable bonds is 8. The minimum Gasteiger partial charge on any atom is -0.381 e. The van der Waals surface area contributed by atoms with Crippen LogP contribution in [0.5, 0.6) is 0 Å². The highest BCUT2D eigenvalue weighted by Crippen LogP contribution is 2.29. The molecule has 0 radical (unpaired) electrons. The number of ether oxygens (including phenoxy) is 2. The van der Waals surface area contributed by atoms with Crippen LogP contribution in [-0.2, 0) is 14.3 Å². The molecule has 1 amide bonds. The van der Waals surface area contributed by atoms with Crippen LogP contribution < -0.4 is 10.2 Å². The van der Waals surface area contributed by atoms with Gasteiger partial charge in [0, 0.05) is 46.0 Å². The molecular weight excluding hydrogens is 496 g/mol. The molecule has 5 rings (SSSR count). The zero-order valence-corrected chi connectivity index (χ0v) is 21.6. The van der Waals surface area contributed by atoms with Gasteiger partial charge in [-0.2, -0.15) is 9.97 Å². The van der Waals surface area contributed by atoms with E-state index in [0.29, 0.717) is 55.6 Å². The number of hydrogen-bond acceptors (Lipinski definition) is 8. The third-order valence-corrected chi connectivity index (χ3v) is 7.01. The lowest BCUT2D eigenvalue weighted by molar-refractivity contribution is -0.131. The number of hydrogen-bond donors (Lipinski definition) is 1. The second-order valence-electron chi connectivity index (χ2n) is 9.74. The number of benzene rings is 1. The van der Waals surface area contributed by atoms with E-state index in [1.165, 1.54) is 4.57 Å². The number of morpholine rings is 1. The smallest absolute Gasteiger partial charge is 0.296 e. The summed E-state index contributed by atoms with van der Waals surface area (Å²) >= 11 is 0. The van der Waals surface area contributed by atoms with Crippen LogP contribution in [0.2, 0.25) is 0 Å². The van der Waals surface area contributed by atoms with Gasteiger partial charge in [-0.3, -0.25) is 9.36 Å². The predicted molar refractivity (Wildman–Crippen MR) is 139 cm³/mol. The van der Waals surface area contributed by atoms with E-state index in [-0.39, 0.29) is 17.7 Å². The van der Waals surface area contributed by atoms with Gasteiger partial charge in [0.15, 0.2) is 5.82 Å². The van der Waals surface area contributed by atoms with Crippen LogP contribution in [0.4, 0.5) is 20.5 Å². The molecule has 38 heavy (non-hydrogen) atoms. The quantitative estimate of drug-likeness (QED) is 0.475. The second-order valence-corrected chi connectivity index (χ2v) is 9.74. The third kappa shape index (κ3) is 5.70. The van der Waals surface area contributed by atoms with E-state index in [9.17, 15) is 13.6 Å². The first kappa shape index (κ1) is 26.2. The molecule has 0 unspecified atom stereocenters. The molecule has 0 saturated carbocycles. The van der Waals surface area contributed by atoms with E-state index in [1.807, 2.05) is 4.90 Å². The highest BCUT2D eigenvalue weighted by Gasteiger charge is 2.26. The minimum atomic E-state index is -2.81. The summed E-state index contributed by atoms with van der Waals surface area (Å²) in [7, 11) is 1.79. The average molecular weight is 530 g/mol. The molecule has 10 nitrogen and oxygen atoms in total. The van der Waals surface area contributed by atoms with Crippen LogP contribution in [0.1, 0.15) is 32.0 Å². The number of para-hydroxylation sites is 2. The Morgan fingerprint density at radius 1 is 1.08 bits per heavy atom. The molecule has 0 bridgehead atoms. The summed E-state index contributed by atoms with van der Waals surface area (Å²) in [6.07, 6.45) is -0.947. The lowest BCUT2D eigenvalue weighted by Crippen LogP contribution is -2.42. The van der Waals surface area contributed by atoms with Gasteiger partial charge in [0.2, 0.25) is 11.9 Å². The number of imidazole rings is 1. The molecule has 1 aromatic carbocycles. The van der Waals surface area contributed by atoms with Crippen molar-refractivity contribution in [1.29, 1.82) is 0 Å². The van der Waals surface area contributed by atoms with Crippen molar-refractivity contribution < 1.29 is 23.0 Å². The van der Waals surface area contributed by atoms with Crippen molar-refractivity contribution in [2.24, 2.45) is 5.92 Å². The molecule has 12 heteroatoms. The summed E-state index contributed by atoms with van der Waals surface area (Å²) < 4.78 is 40.4. The fraction of sp³-hybridized carbons (Fsp3) is 0.538. The number of nitrogens with zero attached hydrogens (tertiary/aromatic N) is 6. The Bertz CT molecular complexity index is 1260. The van der Waals surface area contributed by atoms with Gasteiger partial charge in [-0.15, -0.1) is 0 Å². The molecular formula is C26H33F2N7O3. The molecule has 204 valence electrons. The van der Waals surface area contributed by atoms with Gasteiger partial charge >= 0.3 is 0 Å². The van der Waals surface area contributed by atoms with Crippen molar-refractivity contribution in [1.82, 2.24) is 24.4 Å². The fourth-order valence-electron chi connectivity index (χ4n) is 4.98. The monoisotopic (exact) mass is 529 g/mol. The Labute approximate surface area is 219 Å². The molecule has 0 spiro atoms. The summed E-state index contributed by atoms with van der Waals surface area (Å²) in [6.45, 7) is 6.10. The van der Waals surface area contributed by atoms with Gasteiger partial charge in [0.1, 0.15) is 17.7 Å². The van der Waals surface area contributed by atoms with Crippen LogP contribution in [-0.4, -0.2) is 89.5 Å². The maximum Gasteiger partial charge on any atom is 0.296 e. The molecule has 2 fully saturated rings. The van der Waals surface area contributed by atoms with Crippen LogP contribution in [0, 0.1) is 5.92 Å². The van der Waals surface area contributed by atoms with Gasteiger partial charge in [0.25, 0.3) is 6.43 Å². The molecule has 0 aliphatic carbocycles. The number of nitrogens with one attached hydrogen (secondary N) is 1. The Hall–Kier alpha value is -3.38. The van der Waals surface area contributed by atoms with Gasteiger partial charge in [-0.25, -0.2) is 13.8 Å². The maximum absolute atomic E-state index is 14.1. The number of fused-ring (bicyclic) bond motifs is 1. The summed E-state index contributed by atoms with van der Waals surface area (Å²) in [5.74, 6) is 0.906. The Balaban J connectivity index is 1.46. The Morgan fingerprint density at radius 3 is 2.50 bits per heavy atom. The highest BCUT2D eigenvalue weighted by molar-refractivity contribution is 5.84. The number of likely N-dealkylation sites (N-methyl/N-ethyl adjacent to an activating group) is 1. The number of carbonyl (C=O) groups excluding carboxylic acids is 1. The third-order valence-electron chi connectivity index (χ3n) is 7.01. The van der Waals surface area contributed by atoms with Crippen molar-refractivity contribution >= 4 is 28.7 Å². The van der Waals surface area contributed by atoms with Gasteiger partial charge in [-0.1, -0.05) is 12.1 Å². The van der Waals surface area contributed by atoms with E-state index in [4.69, 9.17) is 9.47 Å². The minimum absolute atomic E-state index is 0.0974. The second kappa shape index (κ2) is 11.6. The number of amides is 1. The zero-order valence-electron chi connectivity index (χ0n) is 21.6. The highest BCUT2D eigenvalue weighted by atomic mass is 19.3. The molecule has 3 aromatic rings. The molecule has 4 heterocycles. The average Bonchev–Trinajstić information content (AvgIpc) is 3.34. The standard InChI is InChI=1S/C26H33F2N7O3/c1-17(25(36)33(2)16-18-7-11-37-12-8-18)29-26-31-21(34-9-13-38-14-10-34)15-22(32-26)35-20-6-4-3-5-19(20)30-24(35)23(27)28/h3-6,15,17-18,23H,7-14,16H2,1-2H3,(H,29,31,32)/t17-/m0/s1. The fourth-order valence-corrected chi connectivity index (χ4v) is 4.98. The maximum atomic E-state index is 14.1. The lowest BCUT2D eigenvalue weighted by Gasteiger charge is -2.30. The molecule has 2 aliphatic rings. The number of halogens is 2. The van der Waals surface area contributed by atoms with E-state index in [2.05, 4.69) is 20.3 Å². The SMILES string of the molecule is C[C@H](Nc1nc(N2CCOCC2)cc(-n2c(C(F)F)nc3ccccc32)n1)C(=O)N(C)CC1CCOCC1. The number of carbonyl (C=O) groups is 1. The normalized spacial score (nSPS) is 17.7. The largest absolute Gasteiger partial charge is 0.381 e. The van der Waals surface area contributed by atoms with Gasteiger partial charge in [0.05, 0.1) is 24.2 Å². The molecule has 2 aromatic heterocycles. The first-order chi connectivity index (χ1) is 18.4. The van der Waals surface area contributed by atoms with Gasteiger partial charge in [-0.05, 0) is 37.8 Å². The lowest BCUT2D eigenvalue weighted by atomic mass is 10.00. The van der Waals surface area contributed by atoms with Gasteiger partial charge < -0.3 is 24.6 Å². The number of anilines is 2. The summed E-state index contributed by atoms with van der Waals surface area (Å²) in [4.78, 5) is 30.3. The van der Waals surface area contributed by atoms with Crippen molar-refractivity contribution in [3.05, 3.63) is 36.2 Å².